The minimum Gasteiger partial charge on any atom is -0.388 e. The third-order valence-corrected chi connectivity index (χ3v) is 4.09. The molecular weight excluding hydrogens is 272 g/mol. The average molecular weight is 286 g/mol. The van der Waals surface area contributed by atoms with Crippen LogP contribution in [0, 0.1) is 11.8 Å². The number of fused-ring (bicyclic) bond motifs is 1. The van der Waals surface area contributed by atoms with Crippen LogP contribution >= 0.6 is 0 Å². The molecule has 2 amide bonds. The normalized spacial score (nSPS) is 24.8. The molecule has 3 rings (SSSR count). The highest BCUT2D eigenvalue weighted by Crippen LogP contribution is 2.38. The molecule has 0 radical (unpaired) electrons. The number of imide groups is 1. The number of Topliss-reactive ketones (excluding diaryl/α,β-unsaturated/α-hetero) is 2. The highest BCUT2D eigenvalue weighted by molar-refractivity contribution is 6.30. The van der Waals surface area contributed by atoms with E-state index in [0.717, 1.165) is 0 Å². The van der Waals surface area contributed by atoms with Gasteiger partial charge < -0.3 is 5.32 Å². The van der Waals surface area contributed by atoms with Crippen LogP contribution in [-0.2, 0) is 9.59 Å². The van der Waals surface area contributed by atoms with Crippen molar-refractivity contribution in [3.05, 3.63) is 29.3 Å². The maximum atomic E-state index is 12.6. The van der Waals surface area contributed by atoms with Gasteiger partial charge in [0.05, 0.1) is 17.4 Å². The quantitative estimate of drug-likeness (QED) is 0.619. The van der Waals surface area contributed by atoms with Gasteiger partial charge in [-0.25, -0.2) is 0 Å². The summed E-state index contributed by atoms with van der Waals surface area (Å²) in [7, 11) is 1.67. The largest absolute Gasteiger partial charge is 0.388 e. The molecule has 6 heteroatoms. The van der Waals surface area contributed by atoms with E-state index in [4.69, 9.17) is 0 Å². The number of ketones is 2. The second-order valence-electron chi connectivity index (χ2n) is 5.24. The molecule has 6 nitrogen and oxygen atoms in total. The van der Waals surface area contributed by atoms with Gasteiger partial charge in [-0.1, -0.05) is 12.1 Å². The van der Waals surface area contributed by atoms with Gasteiger partial charge in [-0.05, 0) is 12.5 Å². The highest BCUT2D eigenvalue weighted by Gasteiger charge is 2.48. The fourth-order valence-electron chi connectivity index (χ4n) is 3.07. The SMILES string of the molecule is CNc1cccc2c1C(=O)C(C1CCC(=O)NC1=O)C2=O. The fourth-order valence-corrected chi connectivity index (χ4v) is 3.07. The van der Waals surface area contributed by atoms with Gasteiger partial charge in [0.1, 0.15) is 0 Å². The Morgan fingerprint density at radius 1 is 1.14 bits per heavy atom. The molecule has 108 valence electrons. The number of carbonyl (C=O) groups is 4. The molecule has 0 aromatic heterocycles. The lowest BCUT2D eigenvalue weighted by molar-refractivity contribution is -0.137. The van der Waals surface area contributed by atoms with E-state index < -0.39 is 17.7 Å². The number of amides is 2. The zero-order valence-corrected chi connectivity index (χ0v) is 11.4. The summed E-state index contributed by atoms with van der Waals surface area (Å²) in [5, 5.41) is 5.10. The number of benzene rings is 1. The van der Waals surface area contributed by atoms with Crippen molar-refractivity contribution in [1.82, 2.24) is 5.32 Å². The molecule has 2 N–H and O–H groups in total. The van der Waals surface area contributed by atoms with E-state index in [1.165, 1.54) is 0 Å². The van der Waals surface area contributed by atoms with Crippen molar-refractivity contribution in [3.8, 4) is 0 Å². The summed E-state index contributed by atoms with van der Waals surface area (Å²) in [5.74, 6) is -3.34. The first-order chi connectivity index (χ1) is 10.0. The molecule has 1 saturated heterocycles. The minimum atomic E-state index is -1.01. The highest BCUT2D eigenvalue weighted by atomic mass is 16.2. The summed E-state index contributed by atoms with van der Waals surface area (Å²) in [6.45, 7) is 0. The molecule has 1 aliphatic carbocycles. The first kappa shape index (κ1) is 13.5. The van der Waals surface area contributed by atoms with E-state index in [-0.39, 0.29) is 30.3 Å². The Hall–Kier alpha value is -2.50. The van der Waals surface area contributed by atoms with E-state index in [1.54, 1.807) is 25.2 Å². The smallest absolute Gasteiger partial charge is 0.230 e. The lowest BCUT2D eigenvalue weighted by Gasteiger charge is -2.24. The number of rotatable bonds is 2. The van der Waals surface area contributed by atoms with Crippen LogP contribution in [0.1, 0.15) is 33.6 Å². The number of hydrogen-bond acceptors (Lipinski definition) is 5. The first-order valence-electron chi connectivity index (χ1n) is 6.77. The van der Waals surface area contributed by atoms with Crippen molar-refractivity contribution >= 4 is 29.1 Å². The molecule has 0 spiro atoms. The van der Waals surface area contributed by atoms with Crippen LogP contribution in [-0.4, -0.2) is 30.4 Å². The maximum Gasteiger partial charge on any atom is 0.230 e. The van der Waals surface area contributed by atoms with Crippen LogP contribution < -0.4 is 10.6 Å². The minimum absolute atomic E-state index is 0.155. The predicted molar refractivity (Wildman–Crippen MR) is 74.0 cm³/mol. The van der Waals surface area contributed by atoms with E-state index in [9.17, 15) is 19.2 Å². The van der Waals surface area contributed by atoms with Gasteiger partial charge in [0, 0.05) is 24.7 Å². The number of hydrogen-bond donors (Lipinski definition) is 2. The average Bonchev–Trinajstić information content (AvgIpc) is 2.72. The summed E-state index contributed by atoms with van der Waals surface area (Å²) in [6, 6.07) is 5.02. The van der Waals surface area contributed by atoms with Gasteiger partial charge in [-0.3, -0.25) is 24.5 Å². The molecule has 1 fully saturated rings. The van der Waals surface area contributed by atoms with Crippen molar-refractivity contribution in [2.75, 3.05) is 12.4 Å². The number of nitrogens with one attached hydrogen (secondary N) is 2. The molecule has 2 aliphatic rings. The molecule has 1 aromatic carbocycles. The molecule has 0 saturated carbocycles. The van der Waals surface area contributed by atoms with Crippen molar-refractivity contribution < 1.29 is 19.2 Å². The summed E-state index contributed by atoms with van der Waals surface area (Å²) in [6.07, 6.45) is 0.387. The Morgan fingerprint density at radius 2 is 1.90 bits per heavy atom. The summed E-state index contributed by atoms with van der Waals surface area (Å²) in [4.78, 5) is 48.2. The molecule has 0 bridgehead atoms. The first-order valence-corrected chi connectivity index (χ1v) is 6.77. The van der Waals surface area contributed by atoms with Gasteiger partial charge in [-0.2, -0.15) is 0 Å². The monoisotopic (exact) mass is 286 g/mol. The second-order valence-corrected chi connectivity index (χ2v) is 5.24. The zero-order chi connectivity index (χ0) is 15.1. The lowest BCUT2D eigenvalue weighted by atomic mass is 9.82. The molecule has 1 aromatic rings. The Morgan fingerprint density at radius 3 is 2.57 bits per heavy atom. The van der Waals surface area contributed by atoms with Crippen molar-refractivity contribution in [2.24, 2.45) is 11.8 Å². The van der Waals surface area contributed by atoms with Gasteiger partial charge in [-0.15, -0.1) is 0 Å². The number of anilines is 1. The third-order valence-electron chi connectivity index (χ3n) is 4.09. The van der Waals surface area contributed by atoms with E-state index >= 15 is 0 Å². The van der Waals surface area contributed by atoms with Gasteiger partial charge in [0.25, 0.3) is 0 Å². The molecule has 1 aliphatic heterocycles. The summed E-state index contributed by atoms with van der Waals surface area (Å²) >= 11 is 0. The Bertz CT molecular complexity index is 680. The van der Waals surface area contributed by atoms with Crippen molar-refractivity contribution in [2.45, 2.75) is 12.8 Å². The van der Waals surface area contributed by atoms with Crippen LogP contribution in [0.2, 0.25) is 0 Å². The number of piperidine rings is 1. The van der Waals surface area contributed by atoms with E-state index in [2.05, 4.69) is 10.6 Å². The molecule has 2 unspecified atom stereocenters. The Balaban J connectivity index is 2.00. The number of carbonyl (C=O) groups excluding carboxylic acids is 4. The fraction of sp³-hybridized carbons (Fsp3) is 0.333. The Labute approximate surface area is 120 Å². The molecule has 2 atom stereocenters. The van der Waals surface area contributed by atoms with Crippen LogP contribution in [0.25, 0.3) is 0 Å². The zero-order valence-electron chi connectivity index (χ0n) is 11.4. The van der Waals surface area contributed by atoms with Gasteiger partial charge in [0.15, 0.2) is 11.6 Å². The second kappa shape index (κ2) is 4.80. The van der Waals surface area contributed by atoms with Gasteiger partial charge >= 0.3 is 0 Å². The standard InChI is InChI=1S/C15H14N2O4/c1-16-9-4-2-3-7-11(9)14(20)12(13(7)19)8-5-6-10(18)17-15(8)21/h2-4,8,12,16H,5-6H2,1H3,(H,17,18,21). The van der Waals surface area contributed by atoms with E-state index in [1.807, 2.05) is 0 Å². The van der Waals surface area contributed by atoms with Crippen LogP contribution in [0.5, 0.6) is 0 Å². The van der Waals surface area contributed by atoms with Crippen molar-refractivity contribution in [1.29, 1.82) is 0 Å². The predicted octanol–water partition coefficient (Wildman–Crippen LogP) is 0.776. The topological polar surface area (TPSA) is 92.3 Å². The molecule has 1 heterocycles. The summed E-state index contributed by atoms with van der Waals surface area (Å²) in [5.41, 5.74) is 1.28. The van der Waals surface area contributed by atoms with Crippen LogP contribution in [0.3, 0.4) is 0 Å². The Kier molecular flexibility index (Phi) is 3.08. The molecular formula is C15H14N2O4. The third kappa shape index (κ3) is 1.94. The van der Waals surface area contributed by atoms with Gasteiger partial charge in [0.2, 0.25) is 11.8 Å². The lowest BCUT2D eigenvalue weighted by Crippen LogP contribution is -2.46. The maximum absolute atomic E-state index is 12.6. The summed E-state index contributed by atoms with van der Waals surface area (Å²) < 4.78 is 0. The van der Waals surface area contributed by atoms with Crippen LogP contribution in [0.15, 0.2) is 18.2 Å². The molecule has 21 heavy (non-hydrogen) atoms. The van der Waals surface area contributed by atoms with E-state index in [0.29, 0.717) is 16.8 Å². The van der Waals surface area contributed by atoms with Crippen molar-refractivity contribution in [3.63, 3.8) is 0 Å². The van der Waals surface area contributed by atoms with Crippen LogP contribution in [0.4, 0.5) is 5.69 Å².